The fourth-order valence-corrected chi connectivity index (χ4v) is 1.61. The minimum absolute atomic E-state index is 0.0215. The molecule has 0 aromatic heterocycles. The zero-order valence-electron chi connectivity index (χ0n) is 10.4. The normalized spacial score (nSPS) is 12.1. The van der Waals surface area contributed by atoms with Gasteiger partial charge in [-0.1, -0.05) is 25.1 Å². The summed E-state index contributed by atoms with van der Waals surface area (Å²) in [6.07, 6.45) is 1.16. The van der Waals surface area contributed by atoms with Crippen LogP contribution in [0, 0.1) is 0 Å². The number of ether oxygens (including phenoxy) is 1. The third kappa shape index (κ3) is 4.44. The van der Waals surface area contributed by atoms with Gasteiger partial charge in [0.15, 0.2) is 0 Å². The van der Waals surface area contributed by atoms with E-state index >= 15 is 0 Å². The first kappa shape index (κ1) is 13.5. The molecule has 0 fully saturated rings. The summed E-state index contributed by atoms with van der Waals surface area (Å²) in [4.78, 5) is 11.8. The molecule has 0 saturated heterocycles. The second-order valence-corrected chi connectivity index (χ2v) is 4.00. The summed E-state index contributed by atoms with van der Waals surface area (Å²) in [5.41, 5.74) is 7.30. The fourth-order valence-electron chi connectivity index (χ4n) is 1.61. The van der Waals surface area contributed by atoms with Crippen molar-refractivity contribution in [2.24, 2.45) is 0 Å². The van der Waals surface area contributed by atoms with Crippen molar-refractivity contribution >= 4 is 11.6 Å². The molecule has 0 radical (unpaired) electrons. The Morgan fingerprint density at radius 2 is 2.18 bits per heavy atom. The summed E-state index contributed by atoms with van der Waals surface area (Å²) in [6.45, 7) is 2.55. The number of nitrogens with one attached hydrogen (secondary N) is 1. The molecule has 3 N–H and O–H groups in total. The van der Waals surface area contributed by atoms with Crippen molar-refractivity contribution in [2.75, 3.05) is 19.5 Å². The summed E-state index contributed by atoms with van der Waals surface area (Å²) in [7, 11) is 1.63. The van der Waals surface area contributed by atoms with Crippen molar-refractivity contribution in [2.45, 2.75) is 25.8 Å². The van der Waals surface area contributed by atoms with Crippen LogP contribution in [-0.4, -0.2) is 25.7 Å². The van der Waals surface area contributed by atoms with Crippen LogP contribution in [-0.2, 0) is 16.0 Å². The number of nitrogen functional groups attached to an aromatic ring is 1. The Balaban J connectivity index is 2.52. The molecule has 1 amide bonds. The first-order valence-electron chi connectivity index (χ1n) is 5.79. The van der Waals surface area contributed by atoms with Crippen LogP contribution in [0.25, 0.3) is 0 Å². The van der Waals surface area contributed by atoms with Crippen LogP contribution in [0.15, 0.2) is 24.3 Å². The van der Waals surface area contributed by atoms with Crippen molar-refractivity contribution in [3.63, 3.8) is 0 Å². The third-order valence-corrected chi connectivity index (χ3v) is 2.63. The van der Waals surface area contributed by atoms with E-state index in [2.05, 4.69) is 5.32 Å². The van der Waals surface area contributed by atoms with Gasteiger partial charge in [0.05, 0.1) is 19.1 Å². The summed E-state index contributed by atoms with van der Waals surface area (Å²) in [5, 5.41) is 2.92. The minimum atomic E-state index is -0.0215. The van der Waals surface area contributed by atoms with E-state index in [0.717, 1.165) is 12.0 Å². The molecule has 0 aliphatic carbocycles. The van der Waals surface area contributed by atoms with Crippen LogP contribution in [0.3, 0.4) is 0 Å². The maximum Gasteiger partial charge on any atom is 0.224 e. The Morgan fingerprint density at radius 1 is 1.47 bits per heavy atom. The molecule has 0 bridgehead atoms. The van der Waals surface area contributed by atoms with Crippen molar-refractivity contribution in [3.8, 4) is 0 Å². The van der Waals surface area contributed by atoms with Gasteiger partial charge in [-0.05, 0) is 18.1 Å². The van der Waals surface area contributed by atoms with E-state index in [0.29, 0.717) is 18.7 Å². The molecule has 1 rings (SSSR count). The summed E-state index contributed by atoms with van der Waals surface area (Å²) >= 11 is 0. The molecule has 4 heteroatoms. The molecular formula is C13H20N2O2. The molecule has 4 nitrogen and oxygen atoms in total. The molecule has 0 spiro atoms. The highest BCUT2D eigenvalue weighted by atomic mass is 16.5. The van der Waals surface area contributed by atoms with Crippen LogP contribution >= 0.6 is 0 Å². The average molecular weight is 236 g/mol. The molecule has 94 valence electrons. The van der Waals surface area contributed by atoms with E-state index < -0.39 is 0 Å². The Morgan fingerprint density at radius 3 is 2.76 bits per heavy atom. The zero-order chi connectivity index (χ0) is 12.7. The molecular weight excluding hydrogens is 216 g/mol. The Bertz CT molecular complexity index is 366. The Hall–Kier alpha value is -1.55. The van der Waals surface area contributed by atoms with E-state index in [4.69, 9.17) is 10.5 Å². The number of benzene rings is 1. The van der Waals surface area contributed by atoms with Gasteiger partial charge in [-0.15, -0.1) is 0 Å². The van der Waals surface area contributed by atoms with Crippen molar-refractivity contribution in [1.82, 2.24) is 5.32 Å². The molecule has 1 atom stereocenters. The molecule has 1 aromatic carbocycles. The van der Waals surface area contributed by atoms with Crippen LogP contribution < -0.4 is 11.1 Å². The number of para-hydroxylation sites is 1. The van der Waals surface area contributed by atoms with E-state index in [-0.39, 0.29) is 11.9 Å². The van der Waals surface area contributed by atoms with Crippen LogP contribution in [0.5, 0.6) is 0 Å². The molecule has 0 aliphatic heterocycles. The molecule has 17 heavy (non-hydrogen) atoms. The largest absolute Gasteiger partial charge is 0.398 e. The number of carbonyl (C=O) groups is 1. The number of nitrogens with two attached hydrogens (primary N) is 1. The number of hydrogen-bond donors (Lipinski definition) is 2. The van der Waals surface area contributed by atoms with E-state index in [1.165, 1.54) is 0 Å². The van der Waals surface area contributed by atoms with Crippen molar-refractivity contribution < 1.29 is 9.53 Å². The highest BCUT2D eigenvalue weighted by Gasteiger charge is 2.11. The number of methoxy groups -OCH3 is 1. The van der Waals surface area contributed by atoms with Crippen LogP contribution in [0.2, 0.25) is 0 Å². The lowest BCUT2D eigenvalue weighted by molar-refractivity contribution is -0.121. The highest BCUT2D eigenvalue weighted by molar-refractivity contribution is 5.80. The second kappa shape index (κ2) is 6.91. The van der Waals surface area contributed by atoms with Gasteiger partial charge in [-0.25, -0.2) is 0 Å². The van der Waals surface area contributed by atoms with Gasteiger partial charge < -0.3 is 15.8 Å². The van der Waals surface area contributed by atoms with E-state index in [9.17, 15) is 4.79 Å². The van der Waals surface area contributed by atoms with Gasteiger partial charge in [-0.2, -0.15) is 0 Å². The standard InChI is InChI=1S/C13H20N2O2/c1-3-11(9-17-2)15-13(16)8-10-6-4-5-7-12(10)14/h4-7,11H,3,8-9,14H2,1-2H3,(H,15,16). The number of hydrogen-bond acceptors (Lipinski definition) is 3. The number of rotatable bonds is 6. The molecule has 1 unspecified atom stereocenters. The number of amides is 1. The molecule has 0 aliphatic rings. The first-order chi connectivity index (χ1) is 8.17. The van der Waals surface area contributed by atoms with Gasteiger partial charge >= 0.3 is 0 Å². The predicted octanol–water partition coefficient (Wildman–Crippen LogP) is 1.35. The lowest BCUT2D eigenvalue weighted by atomic mass is 10.1. The van der Waals surface area contributed by atoms with Crippen molar-refractivity contribution in [3.05, 3.63) is 29.8 Å². The quantitative estimate of drug-likeness (QED) is 0.733. The van der Waals surface area contributed by atoms with Gasteiger partial charge in [0.1, 0.15) is 0 Å². The highest BCUT2D eigenvalue weighted by Crippen LogP contribution is 2.11. The second-order valence-electron chi connectivity index (χ2n) is 4.00. The van der Waals surface area contributed by atoms with Crippen LogP contribution in [0.1, 0.15) is 18.9 Å². The Labute approximate surface area is 102 Å². The molecule has 1 aromatic rings. The van der Waals surface area contributed by atoms with E-state index in [1.54, 1.807) is 13.2 Å². The number of carbonyl (C=O) groups excluding carboxylic acids is 1. The monoisotopic (exact) mass is 236 g/mol. The third-order valence-electron chi connectivity index (χ3n) is 2.63. The summed E-state index contributed by atoms with van der Waals surface area (Å²) < 4.78 is 5.03. The topological polar surface area (TPSA) is 64.3 Å². The van der Waals surface area contributed by atoms with Crippen LogP contribution in [0.4, 0.5) is 5.69 Å². The first-order valence-corrected chi connectivity index (χ1v) is 5.79. The minimum Gasteiger partial charge on any atom is -0.398 e. The smallest absolute Gasteiger partial charge is 0.224 e. The predicted molar refractivity (Wildman–Crippen MR) is 68.7 cm³/mol. The van der Waals surface area contributed by atoms with E-state index in [1.807, 2.05) is 25.1 Å². The summed E-state index contributed by atoms with van der Waals surface area (Å²) in [6, 6.07) is 7.47. The zero-order valence-corrected chi connectivity index (χ0v) is 10.4. The fraction of sp³-hybridized carbons (Fsp3) is 0.462. The van der Waals surface area contributed by atoms with Gasteiger partial charge in [0.25, 0.3) is 0 Å². The molecule has 0 saturated carbocycles. The lowest BCUT2D eigenvalue weighted by Gasteiger charge is -2.16. The SMILES string of the molecule is CCC(COC)NC(=O)Cc1ccccc1N. The molecule has 0 heterocycles. The maximum absolute atomic E-state index is 11.8. The lowest BCUT2D eigenvalue weighted by Crippen LogP contribution is -2.38. The number of anilines is 1. The van der Waals surface area contributed by atoms with Crippen molar-refractivity contribution in [1.29, 1.82) is 0 Å². The van der Waals surface area contributed by atoms with Gasteiger partial charge in [0, 0.05) is 12.8 Å². The maximum atomic E-state index is 11.8. The van der Waals surface area contributed by atoms with Gasteiger partial charge in [0.2, 0.25) is 5.91 Å². The van der Waals surface area contributed by atoms with Gasteiger partial charge in [-0.3, -0.25) is 4.79 Å². The Kier molecular flexibility index (Phi) is 5.49. The summed E-state index contributed by atoms with van der Waals surface area (Å²) in [5.74, 6) is -0.0215. The average Bonchev–Trinajstić information content (AvgIpc) is 2.31.